The number of piperidine rings is 1. The SMILES string of the molecule is COC(CC(N)=O)C(=O)N1CCCCC1.Oc1ccc(Cl)c(Cl)c1. The summed E-state index contributed by atoms with van der Waals surface area (Å²) in [6, 6.07) is 4.41. The van der Waals surface area contributed by atoms with Gasteiger partial charge in [0.25, 0.3) is 5.91 Å². The number of amides is 2. The van der Waals surface area contributed by atoms with Crippen molar-refractivity contribution in [3.63, 3.8) is 0 Å². The Kier molecular flexibility index (Phi) is 8.89. The number of hydrogen-bond acceptors (Lipinski definition) is 4. The van der Waals surface area contributed by atoms with Gasteiger partial charge in [-0.25, -0.2) is 0 Å². The van der Waals surface area contributed by atoms with E-state index in [-0.39, 0.29) is 18.1 Å². The number of primary amides is 1. The number of benzene rings is 1. The predicted octanol–water partition coefficient (Wildman–Crippen LogP) is 2.59. The quantitative estimate of drug-likeness (QED) is 0.844. The highest BCUT2D eigenvalue weighted by Crippen LogP contribution is 2.25. The first kappa shape index (κ1) is 20.5. The van der Waals surface area contributed by atoms with Gasteiger partial charge in [0.15, 0.2) is 0 Å². The van der Waals surface area contributed by atoms with Crippen molar-refractivity contribution in [1.29, 1.82) is 0 Å². The van der Waals surface area contributed by atoms with Crippen LogP contribution < -0.4 is 5.73 Å². The molecule has 1 unspecified atom stereocenters. The number of ether oxygens (including phenoxy) is 1. The molecule has 1 aromatic rings. The molecule has 1 saturated heterocycles. The minimum Gasteiger partial charge on any atom is -0.508 e. The number of aromatic hydroxyl groups is 1. The number of rotatable bonds is 4. The van der Waals surface area contributed by atoms with Gasteiger partial charge in [0, 0.05) is 20.2 Å². The van der Waals surface area contributed by atoms with Crippen molar-refractivity contribution in [1.82, 2.24) is 4.90 Å². The number of carbonyl (C=O) groups excluding carboxylic acids is 2. The topological polar surface area (TPSA) is 92.9 Å². The highest BCUT2D eigenvalue weighted by atomic mass is 35.5. The molecule has 0 spiro atoms. The average Bonchev–Trinajstić information content (AvgIpc) is 2.57. The molecule has 8 heteroatoms. The lowest BCUT2D eigenvalue weighted by Crippen LogP contribution is -2.44. The van der Waals surface area contributed by atoms with E-state index in [9.17, 15) is 9.59 Å². The van der Waals surface area contributed by atoms with E-state index in [0.29, 0.717) is 10.0 Å². The second-order valence-corrected chi connectivity index (χ2v) is 6.19. The van der Waals surface area contributed by atoms with Crippen LogP contribution in [0.2, 0.25) is 10.0 Å². The Balaban J connectivity index is 0.000000272. The fourth-order valence-electron chi connectivity index (χ4n) is 2.26. The largest absolute Gasteiger partial charge is 0.508 e. The number of hydrogen-bond donors (Lipinski definition) is 2. The zero-order chi connectivity index (χ0) is 18.1. The number of nitrogens with zero attached hydrogens (tertiary/aromatic N) is 1. The van der Waals surface area contributed by atoms with Gasteiger partial charge in [-0.05, 0) is 37.5 Å². The lowest BCUT2D eigenvalue weighted by Gasteiger charge is -2.29. The summed E-state index contributed by atoms with van der Waals surface area (Å²) in [5, 5.41) is 9.62. The van der Waals surface area contributed by atoms with Gasteiger partial charge in [0.05, 0.1) is 16.5 Å². The molecule has 0 aromatic heterocycles. The molecule has 2 rings (SSSR count). The molecule has 0 aliphatic carbocycles. The molecule has 6 nitrogen and oxygen atoms in total. The number of phenols is 1. The third-order valence-electron chi connectivity index (χ3n) is 3.52. The third-order valence-corrected chi connectivity index (χ3v) is 4.26. The summed E-state index contributed by atoms with van der Waals surface area (Å²) in [7, 11) is 1.43. The first-order chi connectivity index (χ1) is 11.3. The lowest BCUT2D eigenvalue weighted by molar-refractivity contribution is -0.145. The number of phenolic OH excluding ortho intramolecular Hbond substituents is 1. The van der Waals surface area contributed by atoms with E-state index >= 15 is 0 Å². The summed E-state index contributed by atoms with van der Waals surface area (Å²) in [5.41, 5.74) is 5.05. The Labute approximate surface area is 151 Å². The van der Waals surface area contributed by atoms with Crippen LogP contribution in [0.15, 0.2) is 18.2 Å². The van der Waals surface area contributed by atoms with Gasteiger partial charge in [0.1, 0.15) is 11.9 Å². The zero-order valence-corrected chi connectivity index (χ0v) is 15.0. The van der Waals surface area contributed by atoms with Crippen molar-refractivity contribution in [2.24, 2.45) is 5.73 Å². The molecule has 1 aliphatic heterocycles. The van der Waals surface area contributed by atoms with Gasteiger partial charge in [-0.3, -0.25) is 9.59 Å². The smallest absolute Gasteiger partial charge is 0.252 e. The highest BCUT2D eigenvalue weighted by Gasteiger charge is 2.26. The molecule has 1 aromatic carbocycles. The van der Waals surface area contributed by atoms with Crippen molar-refractivity contribution in [2.45, 2.75) is 31.8 Å². The van der Waals surface area contributed by atoms with Crippen molar-refractivity contribution in [3.05, 3.63) is 28.2 Å². The molecule has 1 fully saturated rings. The van der Waals surface area contributed by atoms with Crippen molar-refractivity contribution < 1.29 is 19.4 Å². The van der Waals surface area contributed by atoms with E-state index in [2.05, 4.69) is 0 Å². The van der Waals surface area contributed by atoms with Gasteiger partial charge >= 0.3 is 0 Å². The summed E-state index contributed by atoms with van der Waals surface area (Å²) in [4.78, 5) is 24.3. The summed E-state index contributed by atoms with van der Waals surface area (Å²) in [6.45, 7) is 1.52. The van der Waals surface area contributed by atoms with Crippen molar-refractivity contribution in [2.75, 3.05) is 20.2 Å². The van der Waals surface area contributed by atoms with Crippen LogP contribution in [0.1, 0.15) is 25.7 Å². The normalized spacial score (nSPS) is 15.2. The molecule has 3 N–H and O–H groups in total. The van der Waals surface area contributed by atoms with Crippen molar-refractivity contribution >= 4 is 35.0 Å². The van der Waals surface area contributed by atoms with Gasteiger partial charge in [-0.15, -0.1) is 0 Å². The minimum absolute atomic E-state index is 0.0359. The fraction of sp³-hybridized carbons (Fsp3) is 0.500. The number of halogens is 2. The molecule has 134 valence electrons. The second kappa shape index (κ2) is 10.4. The van der Waals surface area contributed by atoms with E-state index < -0.39 is 12.0 Å². The number of carbonyl (C=O) groups is 2. The van der Waals surface area contributed by atoms with Crippen LogP contribution in [0.4, 0.5) is 0 Å². The van der Waals surface area contributed by atoms with E-state index in [4.69, 9.17) is 38.8 Å². The van der Waals surface area contributed by atoms with E-state index in [0.717, 1.165) is 32.4 Å². The first-order valence-corrected chi connectivity index (χ1v) is 8.34. The molecule has 2 amide bonds. The molecule has 24 heavy (non-hydrogen) atoms. The summed E-state index contributed by atoms with van der Waals surface area (Å²) < 4.78 is 4.98. The molecule has 0 bridgehead atoms. The molecular formula is C16H22Cl2N2O4. The van der Waals surface area contributed by atoms with Gasteiger partial charge in [-0.1, -0.05) is 23.2 Å². The molecule has 1 heterocycles. The van der Waals surface area contributed by atoms with Gasteiger partial charge in [0.2, 0.25) is 5.91 Å². The van der Waals surface area contributed by atoms with Gasteiger partial charge < -0.3 is 20.5 Å². The van der Waals surface area contributed by atoms with Crippen LogP contribution in [0.25, 0.3) is 0 Å². The molecule has 0 saturated carbocycles. The standard InChI is InChI=1S/C10H18N2O3.C6H4Cl2O/c1-15-8(7-9(11)13)10(14)12-5-3-2-4-6-12;7-5-2-1-4(9)3-6(5)8/h8H,2-7H2,1H3,(H2,11,13);1-3,9H. The maximum Gasteiger partial charge on any atom is 0.252 e. The maximum absolute atomic E-state index is 11.9. The Morgan fingerprint density at radius 3 is 2.33 bits per heavy atom. The van der Waals surface area contributed by atoms with Gasteiger partial charge in [-0.2, -0.15) is 0 Å². The van der Waals surface area contributed by atoms with E-state index in [1.54, 1.807) is 11.0 Å². The number of likely N-dealkylation sites (tertiary alicyclic amines) is 1. The molecule has 1 aliphatic rings. The molecular weight excluding hydrogens is 355 g/mol. The maximum atomic E-state index is 11.9. The van der Waals surface area contributed by atoms with Crippen LogP contribution in [0.3, 0.4) is 0 Å². The summed E-state index contributed by atoms with van der Waals surface area (Å²) in [5.74, 6) is -0.493. The lowest BCUT2D eigenvalue weighted by atomic mass is 10.1. The second-order valence-electron chi connectivity index (χ2n) is 5.38. The van der Waals surface area contributed by atoms with Crippen LogP contribution >= 0.6 is 23.2 Å². The fourth-order valence-corrected chi connectivity index (χ4v) is 2.55. The Morgan fingerprint density at radius 1 is 1.25 bits per heavy atom. The monoisotopic (exact) mass is 376 g/mol. The summed E-state index contributed by atoms with van der Waals surface area (Å²) >= 11 is 11.1. The predicted molar refractivity (Wildman–Crippen MR) is 93.2 cm³/mol. The Bertz CT molecular complexity index is 563. The van der Waals surface area contributed by atoms with Crippen LogP contribution in [-0.2, 0) is 14.3 Å². The Hall–Kier alpha value is -1.50. The average molecular weight is 377 g/mol. The number of methoxy groups -OCH3 is 1. The molecule has 0 radical (unpaired) electrons. The molecule has 1 atom stereocenters. The number of nitrogens with two attached hydrogens (primary N) is 1. The van der Waals surface area contributed by atoms with E-state index in [1.807, 2.05) is 0 Å². The summed E-state index contributed by atoms with van der Waals surface area (Å²) in [6.07, 6.45) is 2.47. The highest BCUT2D eigenvalue weighted by molar-refractivity contribution is 6.42. The van der Waals surface area contributed by atoms with Crippen molar-refractivity contribution in [3.8, 4) is 5.75 Å². The van der Waals surface area contributed by atoms with Crippen LogP contribution in [-0.4, -0.2) is 48.1 Å². The first-order valence-electron chi connectivity index (χ1n) is 7.59. The zero-order valence-electron chi connectivity index (χ0n) is 13.5. The van der Waals surface area contributed by atoms with Crippen LogP contribution in [0, 0.1) is 0 Å². The minimum atomic E-state index is -0.708. The van der Waals surface area contributed by atoms with Crippen LogP contribution in [0.5, 0.6) is 5.75 Å². The van der Waals surface area contributed by atoms with E-state index in [1.165, 1.54) is 19.2 Å². The third kappa shape index (κ3) is 6.95. The Morgan fingerprint density at radius 2 is 1.88 bits per heavy atom.